The number of carbonyl (C=O) groups is 1. The molecule has 0 fully saturated rings. The van der Waals surface area contributed by atoms with Crippen LogP contribution in [0.1, 0.15) is 33.6 Å². The second-order valence-corrected chi connectivity index (χ2v) is 8.06. The van der Waals surface area contributed by atoms with Crippen LogP contribution in [-0.2, 0) is 13.0 Å². The minimum atomic E-state index is -0.224. The van der Waals surface area contributed by atoms with Crippen molar-refractivity contribution >= 4 is 23.2 Å². The number of carbonyl (C=O) groups excluding carboxylic acids is 1. The summed E-state index contributed by atoms with van der Waals surface area (Å²) < 4.78 is 0. The number of aromatic nitrogens is 2. The second kappa shape index (κ2) is 8.97. The smallest absolute Gasteiger partial charge is 0.251 e. The Morgan fingerprint density at radius 1 is 1.20 bits per heavy atom. The molecule has 1 aromatic heterocycles. The van der Waals surface area contributed by atoms with Gasteiger partial charge >= 0.3 is 0 Å². The predicted octanol–water partition coefficient (Wildman–Crippen LogP) is 3.57. The highest BCUT2D eigenvalue weighted by Crippen LogP contribution is 2.27. The van der Waals surface area contributed by atoms with Gasteiger partial charge < -0.3 is 9.88 Å². The third-order valence-electron chi connectivity index (χ3n) is 5.01. The van der Waals surface area contributed by atoms with E-state index in [9.17, 15) is 9.59 Å². The van der Waals surface area contributed by atoms with Crippen molar-refractivity contribution in [2.45, 2.75) is 24.5 Å². The van der Waals surface area contributed by atoms with Crippen molar-refractivity contribution < 1.29 is 4.79 Å². The summed E-state index contributed by atoms with van der Waals surface area (Å²) in [7, 11) is 0. The topological polar surface area (TPSA) is 89.8 Å². The third kappa shape index (κ3) is 4.61. The Bertz CT molecular complexity index is 1160. The van der Waals surface area contributed by atoms with Gasteiger partial charge in [-0.05, 0) is 36.6 Å². The Morgan fingerprint density at radius 2 is 2.00 bits per heavy atom. The minimum absolute atomic E-state index is 0.0810. The maximum absolute atomic E-state index is 12.4. The average molecular weight is 417 g/mol. The van der Waals surface area contributed by atoms with Gasteiger partial charge in [0.05, 0.1) is 29.6 Å². The highest BCUT2D eigenvalue weighted by Gasteiger charge is 2.17. The third-order valence-corrected chi connectivity index (χ3v) is 5.88. The van der Waals surface area contributed by atoms with Gasteiger partial charge in [0.15, 0.2) is 10.9 Å². The van der Waals surface area contributed by atoms with Crippen LogP contribution in [0.2, 0.25) is 0 Å². The van der Waals surface area contributed by atoms with Crippen LogP contribution in [0.5, 0.6) is 0 Å². The lowest BCUT2D eigenvalue weighted by molar-refractivity contribution is 0.102. The zero-order chi connectivity index (χ0) is 20.9. The summed E-state index contributed by atoms with van der Waals surface area (Å²) in [5.74, 6) is 0.0766. The molecule has 1 N–H and O–H groups in total. The molecule has 0 unspecified atom stereocenters. The molecule has 1 aliphatic heterocycles. The first-order valence-corrected chi connectivity index (χ1v) is 10.7. The molecule has 150 valence electrons. The van der Waals surface area contributed by atoms with Crippen molar-refractivity contribution in [1.82, 2.24) is 9.97 Å². The fourth-order valence-electron chi connectivity index (χ4n) is 3.55. The average Bonchev–Trinajstić information content (AvgIpc) is 2.77. The van der Waals surface area contributed by atoms with Gasteiger partial charge in [-0.3, -0.25) is 9.59 Å². The number of H-pyrrole nitrogens is 1. The Hall–Kier alpha value is -3.37. The standard InChI is InChI=1S/C23H20N4O2S/c24-13-16-7-9-18(10-8-16)21(28)15-30-23-25-19(12-22(29)26-23)14-27-11-3-5-17-4-1-2-6-20(17)27/h1-2,4,6-10,12H,3,5,11,14-15H2,(H,25,26,29). The van der Waals surface area contributed by atoms with E-state index in [1.807, 2.05) is 18.2 Å². The molecule has 0 spiro atoms. The summed E-state index contributed by atoms with van der Waals surface area (Å²) in [5.41, 5.74) is 4.01. The number of Topliss-reactive ketones (excluding diaryl/α,β-unsaturated/α-hetero) is 1. The van der Waals surface area contributed by atoms with Crippen LogP contribution in [0.4, 0.5) is 5.69 Å². The molecule has 0 aliphatic carbocycles. The number of benzene rings is 2. The molecule has 7 heteroatoms. The molecule has 30 heavy (non-hydrogen) atoms. The zero-order valence-corrected chi connectivity index (χ0v) is 17.1. The number of nitrogens with zero attached hydrogens (tertiary/aromatic N) is 3. The van der Waals surface area contributed by atoms with E-state index in [-0.39, 0.29) is 17.1 Å². The van der Waals surface area contributed by atoms with Crippen LogP contribution in [0.25, 0.3) is 0 Å². The lowest BCUT2D eigenvalue weighted by Crippen LogP contribution is -2.29. The van der Waals surface area contributed by atoms with Gasteiger partial charge in [0.2, 0.25) is 0 Å². The maximum atomic E-state index is 12.4. The van der Waals surface area contributed by atoms with Crippen LogP contribution < -0.4 is 10.5 Å². The van der Waals surface area contributed by atoms with E-state index in [2.05, 4.69) is 27.0 Å². The van der Waals surface area contributed by atoms with Gasteiger partial charge in [-0.25, -0.2) is 4.98 Å². The number of nitriles is 1. The SMILES string of the molecule is N#Cc1ccc(C(=O)CSc2nc(CN3CCCc4ccccc43)cc(=O)[nH]2)cc1. The summed E-state index contributed by atoms with van der Waals surface area (Å²) in [6, 6.07) is 18.4. The molecule has 0 atom stereocenters. The first-order chi connectivity index (χ1) is 14.6. The highest BCUT2D eigenvalue weighted by molar-refractivity contribution is 7.99. The number of hydrogen-bond donors (Lipinski definition) is 1. The second-order valence-electron chi connectivity index (χ2n) is 7.10. The molecule has 0 saturated heterocycles. The summed E-state index contributed by atoms with van der Waals surface area (Å²) in [6.07, 6.45) is 2.13. The predicted molar refractivity (Wildman–Crippen MR) is 117 cm³/mol. The van der Waals surface area contributed by atoms with Gasteiger partial charge in [0.1, 0.15) is 0 Å². The fraction of sp³-hybridized carbons (Fsp3) is 0.217. The van der Waals surface area contributed by atoms with Crippen molar-refractivity contribution in [2.24, 2.45) is 0 Å². The van der Waals surface area contributed by atoms with E-state index in [1.165, 1.54) is 29.1 Å². The van der Waals surface area contributed by atoms with Crippen molar-refractivity contribution in [3.8, 4) is 6.07 Å². The molecule has 6 nitrogen and oxygen atoms in total. The zero-order valence-electron chi connectivity index (χ0n) is 16.3. The van der Waals surface area contributed by atoms with Crippen molar-refractivity contribution in [3.63, 3.8) is 0 Å². The van der Waals surface area contributed by atoms with Crippen LogP contribution >= 0.6 is 11.8 Å². The number of nitrogens with one attached hydrogen (secondary N) is 1. The Balaban J connectivity index is 1.45. The van der Waals surface area contributed by atoms with Crippen LogP contribution in [-0.4, -0.2) is 28.0 Å². The number of rotatable bonds is 6. The lowest BCUT2D eigenvalue weighted by Gasteiger charge is -2.31. The van der Waals surface area contributed by atoms with E-state index in [4.69, 9.17) is 5.26 Å². The Labute approximate surface area is 178 Å². The number of thioether (sulfide) groups is 1. The first kappa shape index (κ1) is 19.9. The molecule has 0 radical (unpaired) electrons. The van der Waals surface area contributed by atoms with Gasteiger partial charge in [-0.15, -0.1) is 0 Å². The summed E-state index contributed by atoms with van der Waals surface area (Å²) >= 11 is 1.21. The molecule has 0 bridgehead atoms. The van der Waals surface area contributed by atoms with Gasteiger partial charge in [0.25, 0.3) is 5.56 Å². The normalized spacial score (nSPS) is 12.8. The van der Waals surface area contributed by atoms with E-state index < -0.39 is 0 Å². The number of aryl methyl sites for hydroxylation is 1. The summed E-state index contributed by atoms with van der Waals surface area (Å²) in [5, 5.41) is 9.29. The van der Waals surface area contributed by atoms with Crippen molar-refractivity contribution in [2.75, 3.05) is 17.2 Å². The van der Waals surface area contributed by atoms with Crippen molar-refractivity contribution in [3.05, 3.63) is 87.3 Å². The fourth-order valence-corrected chi connectivity index (χ4v) is 4.34. The molecular formula is C23H20N4O2S. The van der Waals surface area contributed by atoms with E-state index in [1.54, 1.807) is 24.3 Å². The Morgan fingerprint density at radius 3 is 2.80 bits per heavy atom. The molecule has 2 aromatic carbocycles. The maximum Gasteiger partial charge on any atom is 0.251 e. The molecule has 0 saturated carbocycles. The molecule has 2 heterocycles. The number of aromatic amines is 1. The van der Waals surface area contributed by atoms with Crippen LogP contribution in [0, 0.1) is 11.3 Å². The molecular weight excluding hydrogens is 396 g/mol. The molecule has 4 rings (SSSR count). The molecule has 3 aromatic rings. The number of para-hydroxylation sites is 1. The monoisotopic (exact) mass is 416 g/mol. The first-order valence-electron chi connectivity index (χ1n) is 9.71. The number of fused-ring (bicyclic) bond motifs is 1. The largest absolute Gasteiger partial charge is 0.365 e. The number of anilines is 1. The number of ketones is 1. The minimum Gasteiger partial charge on any atom is -0.365 e. The van der Waals surface area contributed by atoms with Gasteiger partial charge in [-0.2, -0.15) is 5.26 Å². The van der Waals surface area contributed by atoms with Gasteiger partial charge in [0, 0.05) is 23.9 Å². The van der Waals surface area contributed by atoms with Crippen LogP contribution in [0.15, 0.2) is 64.5 Å². The number of hydrogen-bond acceptors (Lipinski definition) is 6. The van der Waals surface area contributed by atoms with Crippen molar-refractivity contribution in [1.29, 1.82) is 5.26 Å². The van der Waals surface area contributed by atoms with Gasteiger partial charge in [-0.1, -0.05) is 42.1 Å². The summed E-state index contributed by atoms with van der Waals surface area (Å²) in [4.78, 5) is 34.1. The molecule has 0 amide bonds. The Kier molecular flexibility index (Phi) is 5.96. The molecule has 1 aliphatic rings. The quantitative estimate of drug-likeness (QED) is 0.375. The summed E-state index contributed by atoms with van der Waals surface area (Å²) in [6.45, 7) is 1.48. The van der Waals surface area contributed by atoms with E-state index in [0.717, 1.165) is 19.4 Å². The highest BCUT2D eigenvalue weighted by atomic mass is 32.2. The van der Waals surface area contributed by atoms with E-state index >= 15 is 0 Å². The van der Waals surface area contributed by atoms with E-state index in [0.29, 0.717) is 28.5 Å². The lowest BCUT2D eigenvalue weighted by atomic mass is 10.0. The van der Waals surface area contributed by atoms with Crippen LogP contribution in [0.3, 0.4) is 0 Å².